The van der Waals surface area contributed by atoms with Gasteiger partial charge in [0.1, 0.15) is 11.3 Å². The number of unbranched alkanes of at least 4 members (excludes halogenated alkanes) is 11. The van der Waals surface area contributed by atoms with Gasteiger partial charge in [0.15, 0.2) is 0 Å². The second-order valence-electron chi connectivity index (χ2n) is 8.58. The Balaban J connectivity index is 1.59. The average Bonchev–Trinajstić information content (AvgIpc) is 3.12. The van der Waals surface area contributed by atoms with Crippen LogP contribution in [0.15, 0.2) is 0 Å². The maximum absolute atomic E-state index is 12.7. The highest BCUT2D eigenvalue weighted by atomic mass is 16.2. The summed E-state index contributed by atoms with van der Waals surface area (Å²) in [5, 5.41) is 7.66. The topological polar surface area (TPSA) is 51.3 Å². The smallest absolute Gasteiger partial charge is 0.269 e. The van der Waals surface area contributed by atoms with Gasteiger partial charge >= 0.3 is 0 Å². The van der Waals surface area contributed by atoms with Crippen molar-refractivity contribution in [3.05, 3.63) is 22.6 Å². The number of hydrogen-bond donors (Lipinski definition) is 1. The van der Waals surface area contributed by atoms with Crippen LogP contribution in [0.1, 0.15) is 111 Å². The molecule has 0 aliphatic rings. The zero-order valence-electron chi connectivity index (χ0n) is 19.4. The monoisotopic (exact) mass is 402 g/mol. The Morgan fingerprint density at radius 3 is 1.90 bits per heavy atom. The number of carbonyl (C=O) groups excluding carboxylic acids is 1. The summed E-state index contributed by atoms with van der Waals surface area (Å²) in [5.74, 6) is 0.00984. The molecule has 1 amide bonds. The number of nitrogens with one attached hydrogen (secondary N) is 1. The summed E-state index contributed by atoms with van der Waals surface area (Å²) >= 11 is 0. The molecule has 5 heteroatoms. The first-order valence-corrected chi connectivity index (χ1v) is 11.8. The van der Waals surface area contributed by atoms with Gasteiger partial charge in [0.2, 0.25) is 0 Å². The molecule has 2 aromatic heterocycles. The summed E-state index contributed by atoms with van der Waals surface area (Å²) in [5.41, 5.74) is 4.79. The quantitative estimate of drug-likeness (QED) is 0.392. The van der Waals surface area contributed by atoms with Gasteiger partial charge in [-0.15, -0.1) is 0 Å². The Hall–Kier alpha value is -1.78. The van der Waals surface area contributed by atoms with E-state index >= 15 is 0 Å². The molecule has 0 atom stereocenters. The van der Waals surface area contributed by atoms with Gasteiger partial charge in [-0.1, -0.05) is 77.6 Å². The first-order valence-electron chi connectivity index (χ1n) is 11.8. The lowest BCUT2D eigenvalue weighted by Gasteiger charge is -2.07. The van der Waals surface area contributed by atoms with E-state index in [4.69, 9.17) is 0 Å². The molecule has 0 saturated carbocycles. The van der Waals surface area contributed by atoms with Crippen LogP contribution in [-0.4, -0.2) is 26.6 Å². The van der Waals surface area contributed by atoms with Crippen LogP contribution in [0.3, 0.4) is 0 Å². The third kappa shape index (κ3) is 6.35. The Morgan fingerprint density at radius 1 is 0.862 bits per heavy atom. The van der Waals surface area contributed by atoms with Gasteiger partial charge in [-0.05, 0) is 27.2 Å². The molecule has 0 spiro atoms. The third-order valence-corrected chi connectivity index (χ3v) is 6.17. The minimum Gasteiger partial charge on any atom is -0.351 e. The molecule has 2 aromatic rings. The lowest BCUT2D eigenvalue weighted by atomic mass is 10.1. The van der Waals surface area contributed by atoms with Gasteiger partial charge < -0.3 is 9.88 Å². The van der Waals surface area contributed by atoms with E-state index in [1.807, 2.05) is 30.0 Å². The minimum atomic E-state index is 0.00984. The summed E-state index contributed by atoms with van der Waals surface area (Å²) in [6.45, 7) is 9.06. The number of aromatic nitrogens is 3. The minimum absolute atomic E-state index is 0.00984. The van der Waals surface area contributed by atoms with Crippen molar-refractivity contribution < 1.29 is 4.79 Å². The van der Waals surface area contributed by atoms with Crippen LogP contribution in [0, 0.1) is 20.8 Å². The molecule has 5 nitrogen and oxygen atoms in total. The Labute approximate surface area is 177 Å². The second-order valence-corrected chi connectivity index (χ2v) is 8.58. The standard InChI is InChI=1S/C24H42N4O/c1-6-7-8-9-10-11-12-13-14-15-16-17-18-25-23(29)22-21(4)28-24(27(22)5)19(2)20(3)26-28/h6-18H2,1-5H3,(H,25,29). The first-order chi connectivity index (χ1) is 14.0. The summed E-state index contributed by atoms with van der Waals surface area (Å²) in [6, 6.07) is 0. The number of nitrogens with zero attached hydrogens (tertiary/aromatic N) is 3. The van der Waals surface area contributed by atoms with Crippen molar-refractivity contribution in [2.24, 2.45) is 7.05 Å². The number of aryl methyl sites for hydroxylation is 4. The molecule has 0 aliphatic carbocycles. The van der Waals surface area contributed by atoms with E-state index in [0.717, 1.165) is 41.3 Å². The largest absolute Gasteiger partial charge is 0.351 e. The van der Waals surface area contributed by atoms with Gasteiger partial charge in [-0.25, -0.2) is 4.52 Å². The molecule has 1 N–H and O–H groups in total. The molecule has 0 radical (unpaired) electrons. The normalized spacial score (nSPS) is 11.5. The highest BCUT2D eigenvalue weighted by Crippen LogP contribution is 2.20. The van der Waals surface area contributed by atoms with Crippen LogP contribution in [0.4, 0.5) is 0 Å². The highest BCUT2D eigenvalue weighted by Gasteiger charge is 2.21. The predicted molar refractivity (Wildman–Crippen MR) is 122 cm³/mol. The van der Waals surface area contributed by atoms with Crippen LogP contribution in [0.2, 0.25) is 0 Å². The fourth-order valence-corrected chi connectivity index (χ4v) is 4.24. The highest BCUT2D eigenvalue weighted by molar-refractivity contribution is 5.94. The van der Waals surface area contributed by atoms with E-state index in [1.165, 1.54) is 70.6 Å². The summed E-state index contributed by atoms with van der Waals surface area (Å²) in [6.07, 6.45) is 16.0. The Kier molecular flexibility index (Phi) is 9.75. The number of fused-ring (bicyclic) bond motifs is 1. The molecule has 0 unspecified atom stereocenters. The molecule has 2 heterocycles. The molecule has 0 saturated heterocycles. The zero-order valence-corrected chi connectivity index (χ0v) is 19.4. The third-order valence-electron chi connectivity index (χ3n) is 6.17. The van der Waals surface area contributed by atoms with Crippen LogP contribution in [-0.2, 0) is 7.05 Å². The van der Waals surface area contributed by atoms with E-state index < -0.39 is 0 Å². The fourth-order valence-electron chi connectivity index (χ4n) is 4.24. The number of hydrogen-bond acceptors (Lipinski definition) is 2. The van der Waals surface area contributed by atoms with Gasteiger partial charge in [-0.2, -0.15) is 5.10 Å². The zero-order chi connectivity index (χ0) is 21.2. The van der Waals surface area contributed by atoms with E-state index in [-0.39, 0.29) is 5.91 Å². The lowest BCUT2D eigenvalue weighted by molar-refractivity contribution is 0.0944. The summed E-state index contributed by atoms with van der Waals surface area (Å²) in [4.78, 5) is 12.7. The number of amides is 1. The molecule has 0 bridgehead atoms. The number of rotatable bonds is 14. The number of imidazole rings is 1. The van der Waals surface area contributed by atoms with E-state index in [9.17, 15) is 4.79 Å². The summed E-state index contributed by atoms with van der Waals surface area (Å²) in [7, 11) is 1.95. The van der Waals surface area contributed by atoms with Crippen LogP contribution in [0.5, 0.6) is 0 Å². The second kappa shape index (κ2) is 12.0. The van der Waals surface area contributed by atoms with Crippen LogP contribution < -0.4 is 5.32 Å². The van der Waals surface area contributed by atoms with Crippen LogP contribution in [0.25, 0.3) is 5.65 Å². The average molecular weight is 403 g/mol. The van der Waals surface area contributed by atoms with Gasteiger partial charge in [0.05, 0.1) is 11.4 Å². The van der Waals surface area contributed by atoms with Crippen molar-refractivity contribution in [3.8, 4) is 0 Å². The molecular weight excluding hydrogens is 360 g/mol. The van der Waals surface area contributed by atoms with Crippen molar-refractivity contribution in [1.29, 1.82) is 0 Å². The summed E-state index contributed by atoms with van der Waals surface area (Å²) < 4.78 is 3.87. The van der Waals surface area contributed by atoms with Crippen LogP contribution >= 0.6 is 0 Å². The van der Waals surface area contributed by atoms with E-state index in [2.05, 4.69) is 24.3 Å². The molecule has 164 valence electrons. The van der Waals surface area contributed by atoms with Crippen molar-refractivity contribution in [2.45, 2.75) is 105 Å². The Morgan fingerprint density at radius 2 is 1.38 bits per heavy atom. The van der Waals surface area contributed by atoms with Crippen molar-refractivity contribution >= 4 is 11.6 Å². The SMILES string of the molecule is CCCCCCCCCCCCCCNC(=O)c1c(C)n2nc(C)c(C)c2n1C. The van der Waals surface area contributed by atoms with E-state index in [0.29, 0.717) is 0 Å². The fraction of sp³-hybridized carbons (Fsp3) is 0.750. The van der Waals surface area contributed by atoms with Crippen molar-refractivity contribution in [1.82, 2.24) is 19.5 Å². The van der Waals surface area contributed by atoms with E-state index in [1.54, 1.807) is 0 Å². The lowest BCUT2D eigenvalue weighted by Crippen LogP contribution is -2.27. The van der Waals surface area contributed by atoms with Gasteiger partial charge in [-0.3, -0.25) is 4.79 Å². The molecule has 2 rings (SSSR count). The first kappa shape index (κ1) is 23.5. The Bertz CT molecular complexity index is 772. The number of carbonyl (C=O) groups is 1. The molecule has 29 heavy (non-hydrogen) atoms. The maximum atomic E-state index is 12.7. The van der Waals surface area contributed by atoms with Gasteiger partial charge in [0.25, 0.3) is 5.91 Å². The molecule has 0 fully saturated rings. The van der Waals surface area contributed by atoms with Crippen molar-refractivity contribution in [3.63, 3.8) is 0 Å². The van der Waals surface area contributed by atoms with Gasteiger partial charge in [0, 0.05) is 19.2 Å². The molecular formula is C24H42N4O. The molecule has 0 aromatic carbocycles. The maximum Gasteiger partial charge on any atom is 0.269 e. The predicted octanol–water partition coefficient (Wildman–Crippen LogP) is 6.03. The molecule has 0 aliphatic heterocycles. The van der Waals surface area contributed by atoms with Crippen molar-refractivity contribution in [2.75, 3.05) is 6.54 Å².